The zero-order valence-corrected chi connectivity index (χ0v) is 24.8. The smallest absolute Gasteiger partial charge is 0.330 e. The normalized spacial score (nSPS) is 26.5. The zero-order valence-electron chi connectivity index (χ0n) is 23.8. The number of hydrogen-bond acceptors (Lipinski definition) is 4. The molecule has 202 valence electrons. The third kappa shape index (κ3) is 5.02. The number of rotatable bonds is 7. The molecule has 0 heterocycles. The Balaban J connectivity index is 1.59. The Morgan fingerprint density at radius 3 is 2.16 bits per heavy atom. The second-order valence-corrected chi connectivity index (χ2v) is 18.3. The number of benzene rings is 2. The van der Waals surface area contributed by atoms with Crippen molar-refractivity contribution in [2.75, 3.05) is 7.11 Å². The Labute approximate surface area is 228 Å². The number of carbonyl (C=O) groups excluding carboxylic acids is 2. The van der Waals surface area contributed by atoms with E-state index in [-0.39, 0.29) is 10.5 Å². The number of hydrogen-bond donors (Lipinski definition) is 0. The highest BCUT2D eigenvalue weighted by Crippen LogP contribution is 2.62. The molecule has 0 spiro atoms. The lowest BCUT2D eigenvalue weighted by atomic mass is 9.48. The molecule has 0 saturated heterocycles. The van der Waals surface area contributed by atoms with Gasteiger partial charge in [-0.05, 0) is 126 Å². The minimum absolute atomic E-state index is 0.114. The average Bonchev–Trinajstić information content (AvgIpc) is 2.85. The topological polar surface area (TPSA) is 52.6 Å². The third-order valence-corrected chi connectivity index (χ3v) is 14.2. The molecule has 0 N–H and O–H groups in total. The van der Waals surface area contributed by atoms with Gasteiger partial charge in [-0.15, -0.1) is 0 Å². The lowest BCUT2D eigenvalue weighted by molar-refractivity contribution is -0.134. The molecule has 0 amide bonds. The molecule has 0 atom stereocenters. The van der Waals surface area contributed by atoms with Gasteiger partial charge in [0.2, 0.25) is 8.32 Å². The first-order valence-corrected chi connectivity index (χ1v) is 17.0. The lowest BCUT2D eigenvalue weighted by Crippen LogP contribution is -2.49. The van der Waals surface area contributed by atoms with E-state index in [0.717, 1.165) is 46.5 Å². The molecule has 4 fully saturated rings. The van der Waals surface area contributed by atoms with Gasteiger partial charge in [-0.1, -0.05) is 39.0 Å². The van der Waals surface area contributed by atoms with Gasteiger partial charge in [0.25, 0.3) is 0 Å². The van der Waals surface area contributed by atoms with Crippen LogP contribution in [0.3, 0.4) is 0 Å². The molecule has 0 aliphatic heterocycles. The van der Waals surface area contributed by atoms with Gasteiger partial charge in [0, 0.05) is 11.6 Å². The fraction of sp³-hybridized carbons (Fsp3) is 0.515. The third-order valence-electron chi connectivity index (χ3n) is 9.89. The maximum atomic E-state index is 12.2. The number of ether oxygens (including phenoxy) is 1. The largest absolute Gasteiger partial charge is 0.543 e. The zero-order chi connectivity index (χ0) is 27.3. The van der Waals surface area contributed by atoms with E-state index in [1.807, 2.05) is 18.2 Å². The van der Waals surface area contributed by atoms with Crippen LogP contribution >= 0.6 is 0 Å². The van der Waals surface area contributed by atoms with Gasteiger partial charge in [0.15, 0.2) is 6.29 Å². The first-order valence-electron chi connectivity index (χ1n) is 14.1. The molecular weight excluding hydrogens is 488 g/mol. The van der Waals surface area contributed by atoms with Gasteiger partial charge in [-0.2, -0.15) is 0 Å². The van der Waals surface area contributed by atoms with Gasteiger partial charge in [-0.25, -0.2) is 4.79 Å². The molecule has 2 aromatic carbocycles. The van der Waals surface area contributed by atoms with E-state index < -0.39 is 14.3 Å². The van der Waals surface area contributed by atoms with Gasteiger partial charge >= 0.3 is 5.97 Å². The van der Waals surface area contributed by atoms with Crippen LogP contribution in [0.5, 0.6) is 5.75 Å². The molecule has 0 aromatic heterocycles. The van der Waals surface area contributed by atoms with Crippen molar-refractivity contribution in [2.45, 2.75) is 82.8 Å². The van der Waals surface area contributed by atoms with Crippen molar-refractivity contribution in [1.29, 1.82) is 0 Å². The summed E-state index contributed by atoms with van der Waals surface area (Å²) in [4.78, 5) is 23.7. The van der Waals surface area contributed by atoms with Crippen LogP contribution in [0.25, 0.3) is 17.2 Å². The molecule has 4 aliphatic rings. The highest BCUT2D eigenvalue weighted by Gasteiger charge is 2.53. The maximum Gasteiger partial charge on any atom is 0.330 e. The van der Waals surface area contributed by atoms with Gasteiger partial charge in [-0.3, -0.25) is 4.79 Å². The number of carbonyl (C=O) groups is 2. The van der Waals surface area contributed by atoms with Crippen molar-refractivity contribution in [2.24, 2.45) is 17.8 Å². The van der Waals surface area contributed by atoms with Crippen molar-refractivity contribution >= 4 is 26.6 Å². The molecule has 0 unspecified atom stereocenters. The average molecular weight is 531 g/mol. The molecule has 38 heavy (non-hydrogen) atoms. The van der Waals surface area contributed by atoms with Crippen molar-refractivity contribution in [1.82, 2.24) is 0 Å². The second-order valence-electron chi connectivity index (χ2n) is 13.6. The summed E-state index contributed by atoms with van der Waals surface area (Å²) < 4.78 is 11.7. The van der Waals surface area contributed by atoms with E-state index >= 15 is 0 Å². The first kappa shape index (κ1) is 26.9. The SMILES string of the molecule is COC(=O)/C=C/c1ccc(-c2ccc(O[Si](C)(C)C(C)(C)C)c(C34CC5CC(CC(C5)C3)C4)c2)c(C=O)c1. The van der Waals surface area contributed by atoms with Crippen molar-refractivity contribution in [3.05, 3.63) is 59.2 Å². The van der Waals surface area contributed by atoms with E-state index in [0.29, 0.717) is 5.56 Å². The molecule has 4 saturated carbocycles. The molecular formula is C33H42O4Si. The predicted molar refractivity (Wildman–Crippen MR) is 156 cm³/mol. The summed E-state index contributed by atoms with van der Waals surface area (Å²) in [6.07, 6.45) is 11.9. The molecule has 5 heteroatoms. The van der Waals surface area contributed by atoms with E-state index in [9.17, 15) is 9.59 Å². The fourth-order valence-electron chi connectivity index (χ4n) is 7.35. The summed E-state index contributed by atoms with van der Waals surface area (Å²) in [7, 11) is -0.683. The summed E-state index contributed by atoms with van der Waals surface area (Å²) in [5.74, 6) is 3.14. The highest BCUT2D eigenvalue weighted by atomic mass is 28.4. The quantitative estimate of drug-likeness (QED) is 0.157. The van der Waals surface area contributed by atoms with Crippen molar-refractivity contribution < 1.29 is 18.8 Å². The molecule has 6 rings (SSSR count). The molecule has 4 bridgehead atoms. The van der Waals surface area contributed by atoms with E-state index in [4.69, 9.17) is 9.16 Å². The number of esters is 1. The molecule has 2 aromatic rings. The standard InChI is InChI=1S/C33H42O4Si/c1-32(2,3)38(5,6)37-30-11-9-26(28-10-7-22(16-27(28)21-34)8-12-31(35)36-4)17-29(30)33-18-23-13-24(19-33)15-25(14-23)20-33/h7-12,16-17,21,23-25H,13-15,18-20H2,1-6H3/b12-8+. The van der Waals surface area contributed by atoms with Crippen LogP contribution in [-0.2, 0) is 14.9 Å². The van der Waals surface area contributed by atoms with Gasteiger partial charge in [0.05, 0.1) is 7.11 Å². The van der Waals surface area contributed by atoms with Gasteiger partial charge in [0.1, 0.15) is 5.75 Å². The minimum Gasteiger partial charge on any atom is -0.543 e. The highest BCUT2D eigenvalue weighted by molar-refractivity contribution is 6.74. The minimum atomic E-state index is -2.04. The summed E-state index contributed by atoms with van der Waals surface area (Å²) in [6.45, 7) is 11.5. The van der Waals surface area contributed by atoms with Crippen LogP contribution in [0.15, 0.2) is 42.5 Å². The van der Waals surface area contributed by atoms with Crippen LogP contribution in [-0.4, -0.2) is 27.7 Å². The van der Waals surface area contributed by atoms with E-state index in [1.54, 1.807) is 6.08 Å². The van der Waals surface area contributed by atoms with Crippen LogP contribution in [0.4, 0.5) is 0 Å². The summed E-state index contributed by atoms with van der Waals surface area (Å²) in [6, 6.07) is 12.4. The Hall–Kier alpha value is -2.66. The summed E-state index contributed by atoms with van der Waals surface area (Å²) >= 11 is 0. The van der Waals surface area contributed by atoms with Crippen LogP contribution in [0.1, 0.15) is 80.8 Å². The monoisotopic (exact) mass is 530 g/mol. The summed E-state index contributed by atoms with van der Waals surface area (Å²) in [5, 5.41) is 0.114. The summed E-state index contributed by atoms with van der Waals surface area (Å²) in [5.41, 5.74) is 4.92. The molecule has 4 nitrogen and oxygen atoms in total. The Morgan fingerprint density at radius 2 is 1.61 bits per heavy atom. The first-order chi connectivity index (χ1) is 17.9. The van der Waals surface area contributed by atoms with E-state index in [1.165, 1.54) is 57.3 Å². The fourth-order valence-corrected chi connectivity index (χ4v) is 8.38. The number of methoxy groups -OCH3 is 1. The molecule has 0 radical (unpaired) electrons. The number of aldehydes is 1. The Kier molecular flexibility index (Phi) is 6.96. The lowest BCUT2D eigenvalue weighted by Gasteiger charge is -2.57. The second kappa shape index (κ2) is 9.82. The van der Waals surface area contributed by atoms with Crippen molar-refractivity contribution in [3.8, 4) is 16.9 Å². The van der Waals surface area contributed by atoms with Crippen LogP contribution in [0.2, 0.25) is 18.1 Å². The Morgan fingerprint density at radius 1 is 0.974 bits per heavy atom. The van der Waals surface area contributed by atoms with Crippen LogP contribution < -0.4 is 4.43 Å². The van der Waals surface area contributed by atoms with Gasteiger partial charge < -0.3 is 9.16 Å². The van der Waals surface area contributed by atoms with Crippen molar-refractivity contribution in [3.63, 3.8) is 0 Å². The van der Waals surface area contributed by atoms with E-state index in [2.05, 4.69) is 52.1 Å². The predicted octanol–water partition coefficient (Wildman–Crippen LogP) is 8.20. The Bertz CT molecular complexity index is 1230. The molecule has 4 aliphatic carbocycles. The van der Waals surface area contributed by atoms with Crippen LogP contribution in [0, 0.1) is 17.8 Å². The maximum absolute atomic E-state index is 12.2.